The van der Waals surface area contributed by atoms with Gasteiger partial charge >= 0.3 is 11.9 Å². The fraction of sp³-hybridized carbons (Fsp3) is 0.462. The summed E-state index contributed by atoms with van der Waals surface area (Å²) < 4.78 is 10.6. The van der Waals surface area contributed by atoms with Crippen LogP contribution in [-0.4, -0.2) is 17.0 Å². The zero-order valence-electron chi connectivity index (χ0n) is 18.5. The molecule has 0 amide bonds. The minimum absolute atomic E-state index is 0.101. The van der Waals surface area contributed by atoms with Crippen LogP contribution in [0.4, 0.5) is 0 Å². The molecule has 0 aliphatic carbocycles. The van der Waals surface area contributed by atoms with E-state index in [0.717, 1.165) is 12.8 Å². The summed E-state index contributed by atoms with van der Waals surface area (Å²) in [6.07, 6.45) is 12.6. The van der Waals surface area contributed by atoms with Crippen molar-refractivity contribution in [1.29, 1.82) is 0 Å². The van der Waals surface area contributed by atoms with Gasteiger partial charge in [0.05, 0.1) is 5.56 Å². The van der Waals surface area contributed by atoms with Crippen LogP contribution in [0.3, 0.4) is 0 Å². The predicted molar refractivity (Wildman–Crippen MR) is 122 cm³/mol. The number of rotatable bonds is 14. The van der Waals surface area contributed by atoms with Gasteiger partial charge in [-0.3, -0.25) is 4.79 Å². The maximum absolute atomic E-state index is 12.2. The van der Waals surface area contributed by atoms with E-state index in [1.54, 1.807) is 24.3 Å². The molecular weight excluding hydrogens is 392 g/mol. The molecule has 0 unspecified atom stereocenters. The van der Waals surface area contributed by atoms with Crippen molar-refractivity contribution in [3.8, 4) is 17.2 Å². The molecule has 0 bridgehead atoms. The Labute approximate surface area is 185 Å². The fourth-order valence-corrected chi connectivity index (χ4v) is 3.28. The minimum Gasteiger partial charge on any atom is -0.508 e. The Bertz CT molecular complexity index is 780. The van der Waals surface area contributed by atoms with Gasteiger partial charge in [0, 0.05) is 6.42 Å². The molecule has 0 aliphatic rings. The first-order valence-electron chi connectivity index (χ1n) is 11.4. The lowest BCUT2D eigenvalue weighted by Crippen LogP contribution is -2.10. The second-order valence-corrected chi connectivity index (χ2v) is 7.81. The Balaban J connectivity index is 1.60. The number of phenols is 1. The third-order valence-electron chi connectivity index (χ3n) is 5.10. The molecule has 0 spiro atoms. The first-order chi connectivity index (χ1) is 15.1. The van der Waals surface area contributed by atoms with Gasteiger partial charge in [-0.05, 0) is 55.0 Å². The van der Waals surface area contributed by atoms with Crippen molar-refractivity contribution in [3.63, 3.8) is 0 Å². The summed E-state index contributed by atoms with van der Waals surface area (Å²) in [5.41, 5.74) is 0.350. The summed E-state index contributed by atoms with van der Waals surface area (Å²) in [6, 6.07) is 12.2. The van der Waals surface area contributed by atoms with Crippen molar-refractivity contribution in [1.82, 2.24) is 0 Å². The van der Waals surface area contributed by atoms with Crippen LogP contribution in [0.1, 0.15) is 87.9 Å². The normalized spacial score (nSPS) is 10.6. The lowest BCUT2D eigenvalue weighted by Gasteiger charge is -2.07. The molecule has 31 heavy (non-hydrogen) atoms. The van der Waals surface area contributed by atoms with Crippen molar-refractivity contribution in [2.45, 2.75) is 77.6 Å². The molecule has 5 nitrogen and oxygen atoms in total. The second-order valence-electron chi connectivity index (χ2n) is 7.81. The van der Waals surface area contributed by atoms with E-state index in [-0.39, 0.29) is 11.7 Å². The molecule has 0 saturated heterocycles. The van der Waals surface area contributed by atoms with Crippen molar-refractivity contribution in [2.75, 3.05) is 0 Å². The van der Waals surface area contributed by atoms with E-state index in [0.29, 0.717) is 23.5 Å². The Morgan fingerprint density at radius 1 is 0.677 bits per heavy atom. The highest BCUT2D eigenvalue weighted by molar-refractivity contribution is 5.91. The predicted octanol–water partition coefficient (Wildman–Crippen LogP) is 6.83. The van der Waals surface area contributed by atoms with Crippen LogP contribution >= 0.6 is 0 Å². The Hall–Kier alpha value is -2.82. The van der Waals surface area contributed by atoms with Crippen LogP contribution in [0.25, 0.3) is 0 Å². The van der Waals surface area contributed by atoms with Crippen LogP contribution < -0.4 is 9.47 Å². The summed E-state index contributed by atoms with van der Waals surface area (Å²) in [6.45, 7) is 2.23. The smallest absolute Gasteiger partial charge is 0.343 e. The number of esters is 2. The summed E-state index contributed by atoms with van der Waals surface area (Å²) in [4.78, 5) is 24.2. The second kappa shape index (κ2) is 14.2. The molecule has 0 aliphatic heterocycles. The van der Waals surface area contributed by atoms with Crippen LogP contribution in [-0.2, 0) is 4.79 Å². The van der Waals surface area contributed by atoms with Crippen LogP contribution in [0.15, 0.2) is 48.5 Å². The highest BCUT2D eigenvalue weighted by Gasteiger charge is 2.10. The van der Waals surface area contributed by atoms with Gasteiger partial charge in [0.1, 0.15) is 17.2 Å². The van der Waals surface area contributed by atoms with Crippen molar-refractivity contribution < 1.29 is 24.2 Å². The first kappa shape index (κ1) is 24.4. The van der Waals surface area contributed by atoms with Crippen molar-refractivity contribution in [2.24, 2.45) is 0 Å². The zero-order chi connectivity index (χ0) is 22.3. The standard InChI is InChI=1S/C26H34O5/c1-2-3-4-5-6-7-8-9-10-11-12-25(28)30-23-17-13-21(14-18-23)26(29)31-24-19-15-22(27)16-20-24/h13-20,27H,2-12H2,1H3. The Morgan fingerprint density at radius 2 is 1.16 bits per heavy atom. The van der Waals surface area contributed by atoms with Gasteiger partial charge < -0.3 is 14.6 Å². The van der Waals surface area contributed by atoms with Gasteiger partial charge in [-0.15, -0.1) is 0 Å². The summed E-state index contributed by atoms with van der Waals surface area (Å²) >= 11 is 0. The SMILES string of the molecule is CCCCCCCCCCCCC(=O)Oc1ccc(C(=O)Oc2ccc(O)cc2)cc1. The lowest BCUT2D eigenvalue weighted by molar-refractivity contribution is -0.134. The van der Waals surface area contributed by atoms with E-state index in [9.17, 15) is 14.7 Å². The highest BCUT2D eigenvalue weighted by atomic mass is 16.5. The third kappa shape index (κ3) is 10.2. The summed E-state index contributed by atoms with van der Waals surface area (Å²) in [5, 5.41) is 9.26. The van der Waals surface area contributed by atoms with E-state index in [4.69, 9.17) is 9.47 Å². The van der Waals surface area contributed by atoms with Gasteiger partial charge in [-0.1, -0.05) is 64.7 Å². The average molecular weight is 427 g/mol. The van der Waals surface area contributed by atoms with Gasteiger partial charge in [0.2, 0.25) is 0 Å². The molecule has 2 aromatic rings. The number of carbonyl (C=O) groups excluding carboxylic acids is 2. The Kier molecular flexibility index (Phi) is 11.2. The van der Waals surface area contributed by atoms with E-state index in [1.165, 1.54) is 75.6 Å². The largest absolute Gasteiger partial charge is 0.508 e. The maximum atomic E-state index is 12.2. The quantitative estimate of drug-likeness (QED) is 0.204. The van der Waals surface area contributed by atoms with Gasteiger partial charge in [-0.25, -0.2) is 4.79 Å². The van der Waals surface area contributed by atoms with Crippen molar-refractivity contribution in [3.05, 3.63) is 54.1 Å². The third-order valence-corrected chi connectivity index (χ3v) is 5.10. The molecule has 0 radical (unpaired) electrons. The number of hydrogen-bond acceptors (Lipinski definition) is 5. The molecule has 2 rings (SSSR count). The molecule has 0 heterocycles. The molecule has 0 aromatic heterocycles. The van der Waals surface area contributed by atoms with E-state index >= 15 is 0 Å². The lowest BCUT2D eigenvalue weighted by atomic mass is 10.1. The first-order valence-corrected chi connectivity index (χ1v) is 11.4. The monoisotopic (exact) mass is 426 g/mol. The molecule has 2 aromatic carbocycles. The fourth-order valence-electron chi connectivity index (χ4n) is 3.28. The van der Waals surface area contributed by atoms with Gasteiger partial charge in [0.25, 0.3) is 0 Å². The van der Waals surface area contributed by atoms with Crippen LogP contribution in [0.2, 0.25) is 0 Å². The number of carbonyl (C=O) groups is 2. The molecule has 0 atom stereocenters. The molecular formula is C26H34O5. The zero-order valence-corrected chi connectivity index (χ0v) is 18.5. The van der Waals surface area contributed by atoms with Crippen LogP contribution in [0.5, 0.6) is 17.2 Å². The average Bonchev–Trinajstić information content (AvgIpc) is 2.77. The van der Waals surface area contributed by atoms with Crippen molar-refractivity contribution >= 4 is 11.9 Å². The number of hydrogen-bond donors (Lipinski definition) is 1. The molecule has 1 N–H and O–H groups in total. The van der Waals surface area contributed by atoms with E-state index in [1.807, 2.05) is 0 Å². The number of phenolic OH excluding ortho intramolecular Hbond substituents is 1. The number of ether oxygens (including phenoxy) is 2. The maximum Gasteiger partial charge on any atom is 0.343 e. The van der Waals surface area contributed by atoms with Crippen LogP contribution in [0, 0.1) is 0 Å². The number of unbranched alkanes of at least 4 members (excludes halogenated alkanes) is 9. The van der Waals surface area contributed by atoms with E-state index in [2.05, 4.69) is 6.92 Å². The number of benzene rings is 2. The topological polar surface area (TPSA) is 72.8 Å². The van der Waals surface area contributed by atoms with Gasteiger partial charge in [0.15, 0.2) is 0 Å². The Morgan fingerprint density at radius 3 is 1.74 bits per heavy atom. The van der Waals surface area contributed by atoms with Gasteiger partial charge in [-0.2, -0.15) is 0 Å². The summed E-state index contributed by atoms with van der Waals surface area (Å²) in [5.74, 6) is 0.0877. The highest BCUT2D eigenvalue weighted by Crippen LogP contribution is 2.19. The molecule has 0 fully saturated rings. The minimum atomic E-state index is -0.520. The molecule has 0 saturated carbocycles. The molecule has 168 valence electrons. The summed E-state index contributed by atoms with van der Waals surface area (Å²) in [7, 11) is 0. The molecule has 5 heteroatoms. The van der Waals surface area contributed by atoms with E-state index < -0.39 is 5.97 Å². The number of aromatic hydroxyl groups is 1.